The Hall–Kier alpha value is -3.91. The van der Waals surface area contributed by atoms with Gasteiger partial charge in [-0.1, -0.05) is 30.3 Å². The molecule has 0 spiro atoms. The molecule has 0 saturated heterocycles. The summed E-state index contributed by atoms with van der Waals surface area (Å²) >= 11 is 0. The van der Waals surface area contributed by atoms with Crippen LogP contribution in [0.3, 0.4) is 0 Å². The molecule has 4 rings (SSSR count). The monoisotopic (exact) mass is 446 g/mol. The molecule has 1 aliphatic rings. The number of nitrogens with zero attached hydrogens (tertiary/aromatic N) is 1. The van der Waals surface area contributed by atoms with Gasteiger partial charge in [-0.3, -0.25) is 19.3 Å². The molecule has 1 aromatic heterocycles. The number of hydrogen-bond acceptors (Lipinski definition) is 5. The summed E-state index contributed by atoms with van der Waals surface area (Å²) in [4.78, 5) is 38.4. The number of carbonyl (C=O) groups excluding carboxylic acids is 3. The molecule has 3 N–H and O–H groups in total. The molecule has 2 aromatic carbocycles. The molecule has 2 heterocycles. The number of fused-ring (bicyclic) bond motifs is 1. The fourth-order valence-corrected chi connectivity index (χ4v) is 4.01. The van der Waals surface area contributed by atoms with Crippen molar-refractivity contribution in [2.75, 3.05) is 23.7 Å². The van der Waals surface area contributed by atoms with Crippen LogP contribution in [0.1, 0.15) is 29.9 Å². The minimum atomic E-state index is -0.780. The summed E-state index contributed by atoms with van der Waals surface area (Å²) in [5, 5.41) is 7.94. The van der Waals surface area contributed by atoms with E-state index in [9.17, 15) is 14.4 Å². The summed E-state index contributed by atoms with van der Waals surface area (Å²) in [6.07, 6.45) is 2.52. The third-order valence-electron chi connectivity index (χ3n) is 5.58. The SMILES string of the molecule is CC(=O)Nc1cccc(NC(=O)C(=O)NCC(c2ccco2)N2CCc3ccccc3C2)c1. The van der Waals surface area contributed by atoms with Crippen molar-refractivity contribution in [2.45, 2.75) is 25.9 Å². The van der Waals surface area contributed by atoms with Gasteiger partial charge in [0.1, 0.15) is 5.76 Å². The highest BCUT2D eigenvalue weighted by molar-refractivity contribution is 6.39. The Morgan fingerprint density at radius 2 is 1.70 bits per heavy atom. The molecule has 0 aliphatic carbocycles. The fraction of sp³-hybridized carbons (Fsp3) is 0.240. The van der Waals surface area contributed by atoms with Gasteiger partial charge in [0.05, 0.1) is 12.3 Å². The number of rotatable bonds is 6. The van der Waals surface area contributed by atoms with Crippen LogP contribution in [-0.2, 0) is 27.3 Å². The Balaban J connectivity index is 1.39. The molecule has 33 heavy (non-hydrogen) atoms. The van der Waals surface area contributed by atoms with Crippen molar-refractivity contribution in [3.63, 3.8) is 0 Å². The molecule has 8 heteroatoms. The van der Waals surface area contributed by atoms with Crippen LogP contribution in [0.25, 0.3) is 0 Å². The van der Waals surface area contributed by atoms with E-state index in [1.807, 2.05) is 24.3 Å². The Bertz CT molecular complexity index is 1140. The van der Waals surface area contributed by atoms with E-state index in [0.717, 1.165) is 25.3 Å². The second-order valence-electron chi connectivity index (χ2n) is 7.95. The summed E-state index contributed by atoms with van der Waals surface area (Å²) in [5.41, 5.74) is 3.53. The van der Waals surface area contributed by atoms with Crippen molar-refractivity contribution < 1.29 is 18.8 Å². The number of carbonyl (C=O) groups is 3. The van der Waals surface area contributed by atoms with Crippen LogP contribution in [0.4, 0.5) is 11.4 Å². The first kappa shape index (κ1) is 22.3. The van der Waals surface area contributed by atoms with Crippen molar-refractivity contribution in [1.82, 2.24) is 10.2 Å². The molecule has 3 amide bonds. The topological polar surface area (TPSA) is 104 Å². The van der Waals surface area contributed by atoms with Gasteiger partial charge in [-0.05, 0) is 47.9 Å². The first-order chi connectivity index (χ1) is 16.0. The van der Waals surface area contributed by atoms with E-state index in [0.29, 0.717) is 11.4 Å². The van der Waals surface area contributed by atoms with Gasteiger partial charge in [0.25, 0.3) is 0 Å². The Morgan fingerprint density at radius 3 is 2.42 bits per heavy atom. The third kappa shape index (κ3) is 5.67. The predicted octanol–water partition coefficient (Wildman–Crippen LogP) is 3.09. The molecule has 0 bridgehead atoms. The Labute approximate surface area is 192 Å². The normalized spacial score (nSPS) is 14.1. The molecule has 0 fully saturated rings. The molecule has 0 radical (unpaired) electrons. The van der Waals surface area contributed by atoms with E-state index in [1.54, 1.807) is 30.5 Å². The van der Waals surface area contributed by atoms with Gasteiger partial charge in [-0.2, -0.15) is 0 Å². The van der Waals surface area contributed by atoms with Gasteiger partial charge in [0.15, 0.2) is 0 Å². The quantitative estimate of drug-likeness (QED) is 0.505. The molecule has 170 valence electrons. The fourth-order valence-electron chi connectivity index (χ4n) is 4.01. The lowest BCUT2D eigenvalue weighted by Gasteiger charge is -2.34. The third-order valence-corrected chi connectivity index (χ3v) is 5.58. The van der Waals surface area contributed by atoms with E-state index >= 15 is 0 Å². The minimum Gasteiger partial charge on any atom is -0.468 e. The van der Waals surface area contributed by atoms with Gasteiger partial charge in [-0.15, -0.1) is 0 Å². The maximum Gasteiger partial charge on any atom is 0.313 e. The first-order valence-corrected chi connectivity index (χ1v) is 10.8. The van der Waals surface area contributed by atoms with E-state index in [2.05, 4.69) is 33.0 Å². The molecule has 8 nitrogen and oxygen atoms in total. The van der Waals surface area contributed by atoms with Gasteiger partial charge < -0.3 is 20.4 Å². The van der Waals surface area contributed by atoms with Crippen LogP contribution in [0, 0.1) is 0 Å². The maximum atomic E-state index is 12.5. The van der Waals surface area contributed by atoms with Crippen molar-refractivity contribution >= 4 is 29.1 Å². The van der Waals surface area contributed by atoms with Gasteiger partial charge in [0.2, 0.25) is 5.91 Å². The van der Waals surface area contributed by atoms with Crippen LogP contribution in [0.5, 0.6) is 0 Å². The average molecular weight is 447 g/mol. The minimum absolute atomic E-state index is 0.201. The standard InChI is InChI=1S/C25H26N4O4/c1-17(30)27-20-8-4-9-21(14-20)28-25(32)24(31)26-15-22(23-10-5-13-33-23)29-12-11-18-6-2-3-7-19(18)16-29/h2-10,13-14,22H,11-12,15-16H2,1H3,(H,26,31)(H,27,30)(H,28,32). The van der Waals surface area contributed by atoms with Crippen LogP contribution in [0.2, 0.25) is 0 Å². The van der Waals surface area contributed by atoms with Crippen LogP contribution in [-0.4, -0.2) is 35.7 Å². The number of hydrogen-bond donors (Lipinski definition) is 3. The summed E-state index contributed by atoms with van der Waals surface area (Å²) < 4.78 is 5.64. The van der Waals surface area contributed by atoms with Crippen molar-refractivity contribution in [3.05, 3.63) is 83.8 Å². The largest absolute Gasteiger partial charge is 0.468 e. The molecule has 1 atom stereocenters. The number of benzene rings is 2. The lowest BCUT2D eigenvalue weighted by atomic mass is 9.98. The summed E-state index contributed by atoms with van der Waals surface area (Å²) in [6, 6.07) is 18.4. The highest BCUT2D eigenvalue weighted by atomic mass is 16.3. The second kappa shape index (κ2) is 10.1. The van der Waals surface area contributed by atoms with Gasteiger partial charge >= 0.3 is 11.8 Å². The maximum absolute atomic E-state index is 12.5. The molecule has 1 unspecified atom stereocenters. The van der Waals surface area contributed by atoms with Crippen LogP contribution < -0.4 is 16.0 Å². The van der Waals surface area contributed by atoms with Crippen molar-refractivity contribution in [1.29, 1.82) is 0 Å². The van der Waals surface area contributed by atoms with E-state index < -0.39 is 11.8 Å². The first-order valence-electron chi connectivity index (χ1n) is 10.8. The number of furan rings is 1. The molecule has 1 aliphatic heterocycles. The number of anilines is 2. The van der Waals surface area contributed by atoms with Crippen LogP contribution in [0.15, 0.2) is 71.3 Å². The van der Waals surface area contributed by atoms with E-state index in [1.165, 1.54) is 18.1 Å². The van der Waals surface area contributed by atoms with E-state index in [-0.39, 0.29) is 18.5 Å². The smallest absolute Gasteiger partial charge is 0.313 e. The van der Waals surface area contributed by atoms with Crippen molar-refractivity contribution in [2.24, 2.45) is 0 Å². The summed E-state index contributed by atoms with van der Waals surface area (Å²) in [7, 11) is 0. The second-order valence-corrected chi connectivity index (χ2v) is 7.95. The van der Waals surface area contributed by atoms with Crippen LogP contribution >= 0.6 is 0 Å². The zero-order valence-electron chi connectivity index (χ0n) is 18.3. The van der Waals surface area contributed by atoms with E-state index in [4.69, 9.17) is 4.42 Å². The molecule has 3 aromatic rings. The van der Waals surface area contributed by atoms with Crippen molar-refractivity contribution in [3.8, 4) is 0 Å². The predicted molar refractivity (Wildman–Crippen MR) is 124 cm³/mol. The Morgan fingerprint density at radius 1 is 0.939 bits per heavy atom. The zero-order chi connectivity index (χ0) is 23.2. The summed E-state index contributed by atoms with van der Waals surface area (Å²) in [6.45, 7) is 3.18. The lowest BCUT2D eigenvalue weighted by molar-refractivity contribution is -0.136. The highest BCUT2D eigenvalue weighted by Crippen LogP contribution is 2.28. The number of nitrogens with one attached hydrogen (secondary N) is 3. The molecular formula is C25H26N4O4. The van der Waals surface area contributed by atoms with Gasteiger partial charge in [0, 0.05) is 37.9 Å². The summed E-state index contributed by atoms with van der Waals surface area (Å²) in [5.74, 6) is -1.01. The molecule has 0 saturated carbocycles. The molecular weight excluding hydrogens is 420 g/mol. The lowest BCUT2D eigenvalue weighted by Crippen LogP contribution is -2.43. The number of amides is 3. The van der Waals surface area contributed by atoms with Gasteiger partial charge in [-0.25, -0.2) is 0 Å². The highest BCUT2D eigenvalue weighted by Gasteiger charge is 2.28. The average Bonchev–Trinajstić information content (AvgIpc) is 3.33. The Kier molecular flexibility index (Phi) is 6.85. The zero-order valence-corrected chi connectivity index (χ0v) is 18.3.